The van der Waals surface area contributed by atoms with Gasteiger partial charge in [-0.25, -0.2) is 8.42 Å². The number of nitrogens with zero attached hydrogens (tertiary/aromatic N) is 1. The number of aliphatic hydroxyl groups excluding tert-OH is 1. The van der Waals surface area contributed by atoms with Crippen LogP contribution in [0.25, 0.3) is 0 Å². The van der Waals surface area contributed by atoms with E-state index in [4.69, 9.17) is 5.84 Å². The highest BCUT2D eigenvalue weighted by atomic mass is 32.2. The van der Waals surface area contributed by atoms with Crippen LogP contribution in [0, 0.1) is 13.8 Å². The molecule has 0 radical (unpaired) electrons. The number of nitrogens with two attached hydrogens (primary N) is 1. The molecule has 0 spiro atoms. The molecular weight excluding hydrogens is 290 g/mol. The lowest BCUT2D eigenvalue weighted by molar-refractivity contribution is 0.178. The average Bonchev–Trinajstić information content (AvgIpc) is 2.34. The third-order valence-corrected chi connectivity index (χ3v) is 6.25. The predicted octanol–water partition coefficient (Wildman–Crippen LogP) is 1.12. The van der Waals surface area contributed by atoms with Crippen LogP contribution in [0.4, 0.5) is 5.69 Å². The van der Waals surface area contributed by atoms with Crippen LogP contribution in [0.15, 0.2) is 17.0 Å². The molecule has 0 bridgehead atoms. The number of nitrogens with one attached hydrogen (secondary N) is 1. The fourth-order valence-electron chi connectivity index (χ4n) is 2.83. The van der Waals surface area contributed by atoms with E-state index in [0.717, 1.165) is 19.3 Å². The van der Waals surface area contributed by atoms with Crippen LogP contribution in [0.3, 0.4) is 0 Å². The molecule has 6 nitrogen and oxygen atoms in total. The summed E-state index contributed by atoms with van der Waals surface area (Å²) in [6.45, 7) is 3.50. The zero-order chi connectivity index (χ0) is 15.6. The van der Waals surface area contributed by atoms with Gasteiger partial charge in [0.25, 0.3) is 0 Å². The van der Waals surface area contributed by atoms with E-state index < -0.39 is 10.0 Å². The summed E-state index contributed by atoms with van der Waals surface area (Å²) in [4.78, 5) is 0.321. The fourth-order valence-corrected chi connectivity index (χ4v) is 4.92. The number of hydrazine groups is 1. The lowest BCUT2D eigenvalue weighted by Gasteiger charge is -2.36. The van der Waals surface area contributed by atoms with Crippen LogP contribution in [-0.2, 0) is 10.0 Å². The monoisotopic (exact) mass is 313 g/mol. The van der Waals surface area contributed by atoms with Crippen LogP contribution in [-0.4, -0.2) is 37.0 Å². The smallest absolute Gasteiger partial charge is 0.243 e. The standard InChI is InChI=1S/C14H23N3O3S/c1-10-8-12(16-15)9-11(2)14(10)21(19,20)17(6-7-18)13-4-3-5-13/h8-9,13,16,18H,3-7,15H2,1-2H3. The molecular formula is C14H23N3O3S. The number of aliphatic hydroxyl groups is 1. The van der Waals surface area contributed by atoms with E-state index in [1.54, 1.807) is 26.0 Å². The molecule has 0 aliphatic heterocycles. The highest BCUT2D eigenvalue weighted by molar-refractivity contribution is 7.89. The first kappa shape index (κ1) is 16.2. The Labute approximate surface area is 126 Å². The minimum atomic E-state index is -3.60. The molecule has 1 aliphatic rings. The van der Waals surface area contributed by atoms with Crippen molar-refractivity contribution < 1.29 is 13.5 Å². The van der Waals surface area contributed by atoms with Crippen molar-refractivity contribution in [2.45, 2.75) is 44.0 Å². The number of nitrogen functional groups attached to an aromatic ring is 1. The predicted molar refractivity (Wildman–Crippen MR) is 82.3 cm³/mol. The number of rotatable bonds is 6. The lowest BCUT2D eigenvalue weighted by atomic mass is 9.93. The maximum atomic E-state index is 13.0. The number of anilines is 1. The molecule has 0 amide bonds. The van der Waals surface area contributed by atoms with E-state index in [1.165, 1.54) is 4.31 Å². The van der Waals surface area contributed by atoms with Gasteiger partial charge >= 0.3 is 0 Å². The van der Waals surface area contributed by atoms with Gasteiger partial charge in [0.2, 0.25) is 10.0 Å². The first-order valence-corrected chi connectivity index (χ1v) is 8.56. The molecule has 2 rings (SSSR count). The Bertz CT molecular complexity index is 589. The minimum absolute atomic E-state index is 0.00765. The molecule has 1 aromatic carbocycles. The lowest BCUT2D eigenvalue weighted by Crippen LogP contribution is -2.45. The van der Waals surface area contributed by atoms with E-state index >= 15 is 0 Å². The van der Waals surface area contributed by atoms with E-state index in [0.29, 0.717) is 21.7 Å². The highest BCUT2D eigenvalue weighted by Crippen LogP contribution is 2.33. The van der Waals surface area contributed by atoms with Crippen molar-refractivity contribution in [3.05, 3.63) is 23.3 Å². The van der Waals surface area contributed by atoms with Gasteiger partial charge in [-0.05, 0) is 49.9 Å². The Morgan fingerprint density at radius 2 is 1.90 bits per heavy atom. The third-order valence-electron chi connectivity index (χ3n) is 4.00. The highest BCUT2D eigenvalue weighted by Gasteiger charge is 2.36. The van der Waals surface area contributed by atoms with Gasteiger partial charge in [-0.1, -0.05) is 6.42 Å². The molecule has 0 aromatic heterocycles. The molecule has 21 heavy (non-hydrogen) atoms. The van der Waals surface area contributed by atoms with Crippen molar-refractivity contribution in [3.8, 4) is 0 Å². The van der Waals surface area contributed by atoms with Crippen molar-refractivity contribution in [3.63, 3.8) is 0 Å². The number of sulfonamides is 1. The maximum Gasteiger partial charge on any atom is 0.243 e. The Hall–Kier alpha value is -1.15. The Morgan fingerprint density at radius 1 is 1.33 bits per heavy atom. The Kier molecular flexibility index (Phi) is 4.88. The van der Waals surface area contributed by atoms with E-state index in [-0.39, 0.29) is 19.2 Å². The zero-order valence-corrected chi connectivity index (χ0v) is 13.3. The first-order chi connectivity index (χ1) is 9.91. The van der Waals surface area contributed by atoms with Gasteiger partial charge in [-0.2, -0.15) is 4.31 Å². The summed E-state index contributed by atoms with van der Waals surface area (Å²) in [6.07, 6.45) is 2.76. The van der Waals surface area contributed by atoms with Crippen LogP contribution in [0.1, 0.15) is 30.4 Å². The van der Waals surface area contributed by atoms with Gasteiger partial charge in [0.05, 0.1) is 11.5 Å². The first-order valence-electron chi connectivity index (χ1n) is 7.12. The fraction of sp³-hybridized carbons (Fsp3) is 0.571. The summed E-state index contributed by atoms with van der Waals surface area (Å²) < 4.78 is 27.4. The Balaban J connectivity index is 2.46. The third kappa shape index (κ3) is 3.06. The average molecular weight is 313 g/mol. The number of hydrogen-bond acceptors (Lipinski definition) is 5. The Morgan fingerprint density at radius 3 is 2.29 bits per heavy atom. The van der Waals surface area contributed by atoms with Gasteiger partial charge < -0.3 is 10.5 Å². The summed E-state index contributed by atoms with van der Waals surface area (Å²) in [7, 11) is -3.60. The second-order valence-electron chi connectivity index (χ2n) is 5.51. The summed E-state index contributed by atoms with van der Waals surface area (Å²) in [5.74, 6) is 5.39. The van der Waals surface area contributed by atoms with E-state index in [1.807, 2.05) is 0 Å². The number of aryl methyl sites for hydroxylation is 2. The minimum Gasteiger partial charge on any atom is -0.395 e. The second kappa shape index (κ2) is 6.31. The molecule has 0 saturated heterocycles. The van der Waals surface area contributed by atoms with Crippen molar-refractivity contribution in [2.75, 3.05) is 18.6 Å². The van der Waals surface area contributed by atoms with Crippen LogP contribution < -0.4 is 11.3 Å². The van der Waals surface area contributed by atoms with Crippen LogP contribution >= 0.6 is 0 Å². The molecule has 7 heteroatoms. The van der Waals surface area contributed by atoms with Gasteiger partial charge in [0.1, 0.15) is 0 Å². The topological polar surface area (TPSA) is 95.7 Å². The maximum absolute atomic E-state index is 13.0. The van der Waals surface area contributed by atoms with Crippen LogP contribution in [0.5, 0.6) is 0 Å². The largest absolute Gasteiger partial charge is 0.395 e. The van der Waals surface area contributed by atoms with Crippen molar-refractivity contribution in [2.24, 2.45) is 5.84 Å². The van der Waals surface area contributed by atoms with Crippen molar-refractivity contribution >= 4 is 15.7 Å². The molecule has 4 N–H and O–H groups in total. The van der Waals surface area contributed by atoms with Gasteiger partial charge in [0.15, 0.2) is 0 Å². The van der Waals surface area contributed by atoms with Crippen molar-refractivity contribution in [1.29, 1.82) is 0 Å². The number of hydrogen-bond donors (Lipinski definition) is 3. The molecule has 0 atom stereocenters. The second-order valence-corrected chi connectivity index (χ2v) is 7.33. The molecule has 0 unspecified atom stereocenters. The molecule has 1 aliphatic carbocycles. The molecule has 1 fully saturated rings. The normalized spacial score (nSPS) is 16.0. The summed E-state index contributed by atoms with van der Waals surface area (Å²) in [5.41, 5.74) is 4.54. The molecule has 1 saturated carbocycles. The number of benzene rings is 1. The van der Waals surface area contributed by atoms with Crippen LogP contribution in [0.2, 0.25) is 0 Å². The molecule has 0 heterocycles. The summed E-state index contributed by atoms with van der Waals surface area (Å²) >= 11 is 0. The zero-order valence-electron chi connectivity index (χ0n) is 12.5. The SMILES string of the molecule is Cc1cc(NN)cc(C)c1S(=O)(=O)N(CCO)C1CCC1. The molecule has 118 valence electrons. The van der Waals surface area contributed by atoms with Gasteiger partial charge in [-0.3, -0.25) is 5.84 Å². The molecule has 1 aromatic rings. The van der Waals surface area contributed by atoms with Gasteiger partial charge in [0, 0.05) is 18.3 Å². The van der Waals surface area contributed by atoms with Crippen molar-refractivity contribution in [1.82, 2.24) is 4.31 Å². The van der Waals surface area contributed by atoms with Gasteiger partial charge in [-0.15, -0.1) is 0 Å². The summed E-state index contributed by atoms with van der Waals surface area (Å²) in [6, 6.07) is 3.45. The van der Waals surface area contributed by atoms with E-state index in [2.05, 4.69) is 5.43 Å². The van der Waals surface area contributed by atoms with E-state index in [9.17, 15) is 13.5 Å². The quantitative estimate of drug-likeness (QED) is 0.540. The summed E-state index contributed by atoms with van der Waals surface area (Å²) in [5, 5.41) is 9.20.